The van der Waals surface area contributed by atoms with E-state index < -0.39 is 15.7 Å². The summed E-state index contributed by atoms with van der Waals surface area (Å²) in [5, 5.41) is 0. The fourth-order valence-corrected chi connectivity index (χ4v) is 6.59. The molecule has 1 fully saturated rings. The fourth-order valence-electron chi connectivity index (χ4n) is 4.49. The van der Waals surface area contributed by atoms with E-state index in [1.165, 1.54) is 0 Å². The number of rotatable bonds is 6. The third-order valence-electron chi connectivity index (χ3n) is 6.06. The van der Waals surface area contributed by atoms with Gasteiger partial charge in [0.15, 0.2) is 0 Å². The molecule has 0 saturated carbocycles. The molecule has 1 aliphatic rings. The zero-order valence-electron chi connectivity index (χ0n) is 18.2. The van der Waals surface area contributed by atoms with E-state index in [1.54, 1.807) is 8.61 Å². The summed E-state index contributed by atoms with van der Waals surface area (Å²) in [6.07, 6.45) is 1.47. The van der Waals surface area contributed by atoms with E-state index in [0.717, 1.165) is 23.1 Å². The van der Waals surface area contributed by atoms with Crippen LogP contribution in [-0.4, -0.2) is 28.6 Å². The van der Waals surface area contributed by atoms with Crippen molar-refractivity contribution in [2.75, 3.05) is 0 Å². The number of hydrogen-bond donors (Lipinski definition) is 0. The van der Waals surface area contributed by atoms with Crippen molar-refractivity contribution in [3.63, 3.8) is 0 Å². The number of benzene rings is 3. The molecule has 4 nitrogen and oxygen atoms in total. The first-order valence-corrected chi connectivity index (χ1v) is 12.2. The van der Waals surface area contributed by atoms with E-state index in [2.05, 4.69) is 12.1 Å². The minimum absolute atomic E-state index is 0.102. The van der Waals surface area contributed by atoms with Gasteiger partial charge in [-0.05, 0) is 43.4 Å². The Kier molecular flexibility index (Phi) is 6.28. The van der Waals surface area contributed by atoms with Gasteiger partial charge in [-0.1, -0.05) is 91.0 Å². The molecule has 0 N–H and O–H groups in total. The summed E-state index contributed by atoms with van der Waals surface area (Å²) in [7, 11) is -3.67. The highest BCUT2D eigenvalue weighted by Crippen LogP contribution is 2.38. The van der Waals surface area contributed by atoms with Gasteiger partial charge in [-0.3, -0.25) is 0 Å². The fraction of sp³-hybridized carbons (Fsp3) is 0.308. The summed E-state index contributed by atoms with van der Waals surface area (Å²) in [5.74, 6) is 0. The first-order chi connectivity index (χ1) is 14.9. The lowest BCUT2D eigenvalue weighted by molar-refractivity contribution is 0.105. The molecule has 5 heteroatoms. The molecule has 3 aromatic rings. The van der Waals surface area contributed by atoms with Crippen LogP contribution in [0, 0.1) is 0 Å². The predicted molar refractivity (Wildman–Crippen MR) is 126 cm³/mol. The van der Waals surface area contributed by atoms with Gasteiger partial charge in [-0.25, -0.2) is 0 Å². The van der Waals surface area contributed by atoms with Gasteiger partial charge < -0.3 is 0 Å². The van der Waals surface area contributed by atoms with Crippen molar-refractivity contribution in [2.45, 2.75) is 51.4 Å². The van der Waals surface area contributed by atoms with Crippen molar-refractivity contribution < 1.29 is 8.42 Å². The van der Waals surface area contributed by atoms with Crippen LogP contribution in [0.25, 0.3) is 0 Å². The minimum Gasteiger partial charge on any atom is -0.195 e. The Morgan fingerprint density at radius 2 is 1.19 bits per heavy atom. The monoisotopic (exact) mass is 434 g/mol. The van der Waals surface area contributed by atoms with E-state index in [4.69, 9.17) is 0 Å². The molecule has 0 bridgehead atoms. The van der Waals surface area contributed by atoms with Crippen molar-refractivity contribution in [1.29, 1.82) is 0 Å². The van der Waals surface area contributed by atoms with E-state index >= 15 is 0 Å². The molecule has 0 radical (unpaired) electrons. The van der Waals surface area contributed by atoms with Crippen molar-refractivity contribution in [1.82, 2.24) is 8.61 Å². The van der Waals surface area contributed by atoms with Crippen molar-refractivity contribution >= 4 is 10.2 Å². The maximum absolute atomic E-state index is 14.0. The Morgan fingerprint density at radius 3 is 1.71 bits per heavy atom. The third kappa shape index (κ3) is 4.90. The molecule has 4 rings (SSSR count). The molecule has 1 aliphatic heterocycles. The Hall–Kier alpha value is -2.47. The van der Waals surface area contributed by atoms with Gasteiger partial charge in [0, 0.05) is 24.7 Å². The summed E-state index contributed by atoms with van der Waals surface area (Å²) in [6.45, 7) is 4.85. The van der Waals surface area contributed by atoms with Crippen LogP contribution in [0.5, 0.6) is 0 Å². The van der Waals surface area contributed by atoms with Crippen molar-refractivity contribution in [3.05, 3.63) is 108 Å². The maximum Gasteiger partial charge on any atom is 0.283 e. The predicted octanol–water partition coefficient (Wildman–Crippen LogP) is 5.03. The Morgan fingerprint density at radius 1 is 0.742 bits per heavy atom. The highest BCUT2D eigenvalue weighted by Gasteiger charge is 2.49. The Balaban J connectivity index is 1.71. The van der Waals surface area contributed by atoms with E-state index in [1.807, 2.05) is 92.7 Å². The second-order valence-electron chi connectivity index (χ2n) is 8.89. The topological polar surface area (TPSA) is 40.6 Å². The zero-order chi connectivity index (χ0) is 21.9. The molecule has 0 amide bonds. The standard InChI is InChI=1S/C26H30N2O2S/c1-26(2)19-25(18-22-12-6-3-7-13-22)27(20-23-14-8-4-9-15-23)31(29,30)28(26)21-24-16-10-5-11-17-24/h3-17,25H,18-21H2,1-2H3/t25-/m0/s1. The lowest BCUT2D eigenvalue weighted by Crippen LogP contribution is -2.62. The van der Waals surface area contributed by atoms with Crippen molar-refractivity contribution in [3.8, 4) is 0 Å². The normalized spacial score (nSPS) is 21.0. The van der Waals surface area contributed by atoms with Gasteiger partial charge in [0.05, 0.1) is 0 Å². The summed E-state index contributed by atoms with van der Waals surface area (Å²) in [6, 6.07) is 29.8. The van der Waals surface area contributed by atoms with Crippen LogP contribution >= 0.6 is 0 Å². The molecule has 3 aromatic carbocycles. The lowest BCUT2D eigenvalue weighted by atomic mass is 9.90. The van der Waals surface area contributed by atoms with Gasteiger partial charge in [0.2, 0.25) is 0 Å². The summed E-state index contributed by atoms with van der Waals surface area (Å²) in [5.41, 5.74) is 2.68. The average molecular weight is 435 g/mol. The molecular weight excluding hydrogens is 404 g/mol. The second kappa shape index (κ2) is 8.95. The molecule has 0 unspecified atom stereocenters. The smallest absolute Gasteiger partial charge is 0.195 e. The molecule has 0 aromatic heterocycles. The van der Waals surface area contributed by atoms with Gasteiger partial charge >= 0.3 is 0 Å². The first kappa shape index (κ1) is 21.8. The molecule has 1 saturated heterocycles. The second-order valence-corrected chi connectivity index (χ2v) is 10.7. The Bertz CT molecular complexity index is 1080. The molecule has 1 atom stereocenters. The van der Waals surface area contributed by atoms with E-state index in [9.17, 15) is 8.42 Å². The van der Waals surface area contributed by atoms with Gasteiger partial charge in [0.25, 0.3) is 10.2 Å². The Labute approximate surface area is 186 Å². The minimum atomic E-state index is -3.67. The summed E-state index contributed by atoms with van der Waals surface area (Å²) < 4.78 is 31.4. The summed E-state index contributed by atoms with van der Waals surface area (Å²) >= 11 is 0. The van der Waals surface area contributed by atoms with E-state index in [-0.39, 0.29) is 6.04 Å². The van der Waals surface area contributed by atoms with Crippen LogP contribution in [0.4, 0.5) is 0 Å². The van der Waals surface area contributed by atoms with E-state index in [0.29, 0.717) is 19.5 Å². The molecule has 31 heavy (non-hydrogen) atoms. The zero-order valence-corrected chi connectivity index (χ0v) is 19.0. The van der Waals surface area contributed by atoms with Crippen LogP contribution in [0.3, 0.4) is 0 Å². The number of hydrogen-bond acceptors (Lipinski definition) is 2. The van der Waals surface area contributed by atoms with Crippen LogP contribution in [-0.2, 0) is 29.7 Å². The lowest BCUT2D eigenvalue weighted by Gasteiger charge is -2.50. The van der Waals surface area contributed by atoms with Crippen LogP contribution in [0.2, 0.25) is 0 Å². The molecule has 162 valence electrons. The highest BCUT2D eigenvalue weighted by molar-refractivity contribution is 7.86. The van der Waals surface area contributed by atoms with Crippen LogP contribution in [0.15, 0.2) is 91.0 Å². The van der Waals surface area contributed by atoms with Crippen LogP contribution < -0.4 is 0 Å². The maximum atomic E-state index is 14.0. The van der Waals surface area contributed by atoms with Gasteiger partial charge in [0.1, 0.15) is 0 Å². The highest BCUT2D eigenvalue weighted by atomic mass is 32.2. The molecule has 0 spiro atoms. The van der Waals surface area contributed by atoms with Crippen molar-refractivity contribution in [2.24, 2.45) is 0 Å². The molecule has 1 heterocycles. The van der Waals surface area contributed by atoms with Gasteiger partial charge in [-0.15, -0.1) is 0 Å². The average Bonchev–Trinajstić information content (AvgIpc) is 2.76. The number of nitrogens with zero attached hydrogens (tertiary/aromatic N) is 2. The quantitative estimate of drug-likeness (QED) is 0.546. The SMILES string of the molecule is CC1(C)C[C@H](Cc2ccccc2)N(Cc2ccccc2)S(=O)(=O)N1Cc1ccccc1. The summed E-state index contributed by atoms with van der Waals surface area (Å²) in [4.78, 5) is 0. The molecular formula is C26H30N2O2S. The first-order valence-electron chi connectivity index (χ1n) is 10.8. The van der Waals surface area contributed by atoms with Gasteiger partial charge in [-0.2, -0.15) is 17.0 Å². The molecule has 0 aliphatic carbocycles. The van der Waals surface area contributed by atoms with Crippen LogP contribution in [0.1, 0.15) is 37.0 Å². The third-order valence-corrected chi connectivity index (χ3v) is 8.26. The largest absolute Gasteiger partial charge is 0.283 e.